The highest BCUT2D eigenvalue weighted by molar-refractivity contribution is 5.15. The van der Waals surface area contributed by atoms with Gasteiger partial charge in [-0.1, -0.05) is 30.3 Å². The molecule has 1 atom stereocenters. The van der Waals surface area contributed by atoms with E-state index in [0.717, 1.165) is 32.4 Å². The maximum Gasteiger partial charge on any atom is 0.0613 e. The summed E-state index contributed by atoms with van der Waals surface area (Å²) in [5, 5.41) is 12.2. The molecule has 106 valence electrons. The van der Waals surface area contributed by atoms with Crippen LogP contribution in [0, 0.1) is 0 Å². The SMILES string of the molecule is NC(Cc1ccccc1)N1CCC(NCCO)CC1. The van der Waals surface area contributed by atoms with Gasteiger partial charge < -0.3 is 16.2 Å². The van der Waals surface area contributed by atoms with E-state index in [2.05, 4.69) is 34.5 Å². The van der Waals surface area contributed by atoms with Gasteiger partial charge in [0.15, 0.2) is 0 Å². The summed E-state index contributed by atoms with van der Waals surface area (Å²) in [6.45, 7) is 2.99. The molecule has 1 aromatic rings. The Balaban J connectivity index is 1.74. The van der Waals surface area contributed by atoms with E-state index in [1.807, 2.05) is 6.07 Å². The van der Waals surface area contributed by atoms with E-state index in [4.69, 9.17) is 10.8 Å². The fourth-order valence-electron chi connectivity index (χ4n) is 2.69. The van der Waals surface area contributed by atoms with Crippen LogP contribution >= 0.6 is 0 Å². The van der Waals surface area contributed by atoms with Crippen LogP contribution in [0.25, 0.3) is 0 Å². The van der Waals surface area contributed by atoms with Crippen LogP contribution in [-0.2, 0) is 6.42 Å². The predicted molar refractivity (Wildman–Crippen MR) is 77.8 cm³/mol. The number of aliphatic hydroxyl groups excluding tert-OH is 1. The summed E-state index contributed by atoms with van der Waals surface area (Å²) in [5.74, 6) is 0. The standard InChI is InChI=1S/C15H25N3O/c16-15(12-13-4-2-1-3-5-13)18-9-6-14(7-10-18)17-8-11-19/h1-5,14-15,17,19H,6-12,16H2. The number of hydrogen-bond acceptors (Lipinski definition) is 4. The number of aliphatic hydroxyl groups is 1. The zero-order chi connectivity index (χ0) is 13.5. The molecule has 19 heavy (non-hydrogen) atoms. The van der Waals surface area contributed by atoms with E-state index in [9.17, 15) is 0 Å². The van der Waals surface area contributed by atoms with Crippen LogP contribution in [0.15, 0.2) is 30.3 Å². The molecule has 2 rings (SSSR count). The van der Waals surface area contributed by atoms with Gasteiger partial charge in [-0.2, -0.15) is 0 Å². The summed E-state index contributed by atoms with van der Waals surface area (Å²) in [6.07, 6.45) is 3.25. The largest absolute Gasteiger partial charge is 0.395 e. The van der Waals surface area contributed by atoms with Crippen molar-refractivity contribution in [1.29, 1.82) is 0 Å². The summed E-state index contributed by atoms with van der Waals surface area (Å²) < 4.78 is 0. The third kappa shape index (κ3) is 4.58. The molecular weight excluding hydrogens is 238 g/mol. The molecule has 0 bridgehead atoms. The number of hydrogen-bond donors (Lipinski definition) is 3. The summed E-state index contributed by atoms with van der Waals surface area (Å²) in [7, 11) is 0. The maximum atomic E-state index is 8.81. The van der Waals surface area contributed by atoms with Gasteiger partial charge in [-0.25, -0.2) is 0 Å². The number of nitrogens with one attached hydrogen (secondary N) is 1. The van der Waals surface area contributed by atoms with Crippen LogP contribution in [0.1, 0.15) is 18.4 Å². The quantitative estimate of drug-likeness (QED) is 0.702. The minimum atomic E-state index is 0.112. The minimum absolute atomic E-state index is 0.112. The molecular formula is C15H25N3O. The Bertz CT molecular complexity index is 350. The van der Waals surface area contributed by atoms with E-state index >= 15 is 0 Å². The van der Waals surface area contributed by atoms with Crippen LogP contribution in [0.5, 0.6) is 0 Å². The summed E-state index contributed by atoms with van der Waals surface area (Å²) >= 11 is 0. The van der Waals surface area contributed by atoms with Crippen molar-refractivity contribution in [2.75, 3.05) is 26.2 Å². The Morgan fingerprint density at radius 3 is 2.58 bits per heavy atom. The molecule has 4 N–H and O–H groups in total. The molecule has 0 radical (unpaired) electrons. The number of likely N-dealkylation sites (tertiary alicyclic amines) is 1. The minimum Gasteiger partial charge on any atom is -0.395 e. The highest BCUT2D eigenvalue weighted by Crippen LogP contribution is 2.13. The van der Waals surface area contributed by atoms with Crippen LogP contribution in [-0.4, -0.2) is 48.5 Å². The molecule has 0 spiro atoms. The first-order valence-corrected chi connectivity index (χ1v) is 7.17. The third-order valence-electron chi connectivity index (χ3n) is 3.83. The van der Waals surface area contributed by atoms with Crippen molar-refractivity contribution in [3.63, 3.8) is 0 Å². The average Bonchev–Trinajstić information content (AvgIpc) is 2.46. The predicted octanol–water partition coefficient (Wildman–Crippen LogP) is 0.560. The molecule has 4 nitrogen and oxygen atoms in total. The van der Waals surface area contributed by atoms with Crippen molar-refractivity contribution in [1.82, 2.24) is 10.2 Å². The average molecular weight is 263 g/mol. The van der Waals surface area contributed by atoms with Crippen molar-refractivity contribution in [2.45, 2.75) is 31.5 Å². The molecule has 1 aliphatic heterocycles. The number of benzene rings is 1. The van der Waals surface area contributed by atoms with Crippen LogP contribution in [0.3, 0.4) is 0 Å². The van der Waals surface area contributed by atoms with E-state index in [-0.39, 0.29) is 12.8 Å². The molecule has 4 heteroatoms. The Labute approximate surface area is 115 Å². The zero-order valence-corrected chi connectivity index (χ0v) is 11.5. The van der Waals surface area contributed by atoms with Gasteiger partial charge >= 0.3 is 0 Å². The highest BCUT2D eigenvalue weighted by Gasteiger charge is 2.22. The second-order valence-electron chi connectivity index (χ2n) is 5.25. The number of nitrogens with two attached hydrogens (primary N) is 1. The van der Waals surface area contributed by atoms with Gasteiger partial charge in [-0.15, -0.1) is 0 Å². The molecule has 1 heterocycles. The summed E-state index contributed by atoms with van der Waals surface area (Å²) in [5.41, 5.74) is 7.59. The molecule has 0 saturated carbocycles. The second-order valence-corrected chi connectivity index (χ2v) is 5.25. The van der Waals surface area contributed by atoms with Gasteiger partial charge in [0.25, 0.3) is 0 Å². The van der Waals surface area contributed by atoms with Gasteiger partial charge in [0, 0.05) is 32.1 Å². The molecule has 1 saturated heterocycles. The number of piperidine rings is 1. The molecule has 1 aromatic carbocycles. The summed E-state index contributed by atoms with van der Waals surface area (Å²) in [4.78, 5) is 2.37. The van der Waals surface area contributed by atoms with Gasteiger partial charge in [0.1, 0.15) is 0 Å². The highest BCUT2D eigenvalue weighted by atomic mass is 16.3. The third-order valence-corrected chi connectivity index (χ3v) is 3.83. The van der Waals surface area contributed by atoms with Crippen LogP contribution in [0.2, 0.25) is 0 Å². The van der Waals surface area contributed by atoms with Gasteiger partial charge in [0.2, 0.25) is 0 Å². The Hall–Kier alpha value is -0.940. The Morgan fingerprint density at radius 1 is 1.26 bits per heavy atom. The van der Waals surface area contributed by atoms with Crippen LogP contribution in [0.4, 0.5) is 0 Å². The number of nitrogens with zero attached hydrogens (tertiary/aromatic N) is 1. The topological polar surface area (TPSA) is 61.5 Å². The lowest BCUT2D eigenvalue weighted by atomic mass is 10.0. The monoisotopic (exact) mass is 263 g/mol. The molecule has 0 amide bonds. The maximum absolute atomic E-state index is 8.81. The van der Waals surface area contributed by atoms with Gasteiger partial charge in [-0.3, -0.25) is 4.90 Å². The first-order chi connectivity index (χ1) is 9.29. The molecule has 1 fully saturated rings. The Morgan fingerprint density at radius 2 is 1.95 bits per heavy atom. The molecule has 0 aromatic heterocycles. The number of rotatable bonds is 6. The zero-order valence-electron chi connectivity index (χ0n) is 11.5. The van der Waals surface area contributed by atoms with Crippen LogP contribution < -0.4 is 11.1 Å². The fourth-order valence-corrected chi connectivity index (χ4v) is 2.69. The smallest absolute Gasteiger partial charge is 0.0613 e. The van der Waals surface area contributed by atoms with Gasteiger partial charge in [0.05, 0.1) is 12.8 Å². The molecule has 0 aliphatic carbocycles. The fraction of sp³-hybridized carbons (Fsp3) is 0.600. The van der Waals surface area contributed by atoms with Gasteiger partial charge in [-0.05, 0) is 18.4 Å². The van der Waals surface area contributed by atoms with E-state index in [0.29, 0.717) is 12.6 Å². The van der Waals surface area contributed by atoms with E-state index in [1.165, 1.54) is 5.56 Å². The molecule has 1 unspecified atom stereocenters. The van der Waals surface area contributed by atoms with Crippen molar-refractivity contribution in [2.24, 2.45) is 5.73 Å². The normalized spacial score (nSPS) is 19.5. The van der Waals surface area contributed by atoms with E-state index < -0.39 is 0 Å². The summed E-state index contributed by atoms with van der Waals surface area (Å²) in [6, 6.07) is 11.0. The lowest BCUT2D eigenvalue weighted by molar-refractivity contribution is 0.142. The lowest BCUT2D eigenvalue weighted by Gasteiger charge is -2.36. The van der Waals surface area contributed by atoms with Crippen molar-refractivity contribution >= 4 is 0 Å². The van der Waals surface area contributed by atoms with Crippen molar-refractivity contribution < 1.29 is 5.11 Å². The van der Waals surface area contributed by atoms with Crippen molar-refractivity contribution in [3.05, 3.63) is 35.9 Å². The van der Waals surface area contributed by atoms with E-state index in [1.54, 1.807) is 0 Å². The molecule has 1 aliphatic rings. The lowest BCUT2D eigenvalue weighted by Crippen LogP contribution is -2.51. The second kappa shape index (κ2) is 7.60. The van der Waals surface area contributed by atoms with Crippen molar-refractivity contribution in [3.8, 4) is 0 Å². The first kappa shape index (κ1) is 14.5. The Kier molecular flexibility index (Phi) is 5.79. The first-order valence-electron chi connectivity index (χ1n) is 7.17.